The number of hydrogen-bond donors (Lipinski definition) is 0. The minimum atomic E-state index is -3.56. The second-order valence-corrected chi connectivity index (χ2v) is 9.14. The lowest BCUT2D eigenvalue weighted by molar-refractivity contribution is 0.187. The molecule has 0 unspecified atom stereocenters. The standard InChI is InChI=1S/C19H21ClN4O3S/c1-27-12-11-24-18(22-17-3-2-9-21-19(17)24)14-8-10-23(13-14)28(25,26)16-6-4-15(20)5-7-16/h2-7,9,14H,8,10-13H2,1H3/t14-/m0/s1. The molecule has 0 radical (unpaired) electrons. The lowest BCUT2D eigenvalue weighted by atomic mass is 10.1. The highest BCUT2D eigenvalue weighted by Gasteiger charge is 2.35. The zero-order valence-corrected chi connectivity index (χ0v) is 17.0. The Balaban J connectivity index is 1.63. The van der Waals surface area contributed by atoms with Crippen LogP contribution in [0.3, 0.4) is 0 Å². The third kappa shape index (κ3) is 3.53. The number of halogens is 1. The molecule has 1 saturated heterocycles. The Hall–Kier alpha value is -2.00. The number of methoxy groups -OCH3 is 1. The van der Waals surface area contributed by atoms with Gasteiger partial charge in [0.25, 0.3) is 0 Å². The van der Waals surface area contributed by atoms with E-state index in [-0.39, 0.29) is 10.8 Å². The molecule has 3 aromatic rings. The van der Waals surface area contributed by atoms with Crippen LogP contribution in [0.15, 0.2) is 47.5 Å². The summed E-state index contributed by atoms with van der Waals surface area (Å²) in [5.74, 6) is 0.868. The highest BCUT2D eigenvalue weighted by molar-refractivity contribution is 7.89. The van der Waals surface area contributed by atoms with Crippen LogP contribution in [0.4, 0.5) is 0 Å². The molecule has 0 spiro atoms. The Labute approximate surface area is 169 Å². The van der Waals surface area contributed by atoms with Crippen LogP contribution >= 0.6 is 11.6 Å². The van der Waals surface area contributed by atoms with Gasteiger partial charge >= 0.3 is 0 Å². The van der Waals surface area contributed by atoms with Gasteiger partial charge in [-0.05, 0) is 42.8 Å². The van der Waals surface area contributed by atoms with E-state index in [1.54, 1.807) is 37.6 Å². The van der Waals surface area contributed by atoms with E-state index in [0.717, 1.165) is 17.0 Å². The van der Waals surface area contributed by atoms with Crippen LogP contribution in [0.25, 0.3) is 11.2 Å². The summed E-state index contributed by atoms with van der Waals surface area (Å²) >= 11 is 5.89. The molecular formula is C19H21ClN4O3S. The van der Waals surface area contributed by atoms with Gasteiger partial charge in [0.2, 0.25) is 10.0 Å². The maximum Gasteiger partial charge on any atom is 0.243 e. The Morgan fingerprint density at radius 1 is 1.25 bits per heavy atom. The normalized spacial score (nSPS) is 18.1. The first-order valence-corrected chi connectivity index (χ1v) is 10.9. The summed E-state index contributed by atoms with van der Waals surface area (Å²) in [5, 5.41) is 0.512. The zero-order chi connectivity index (χ0) is 19.7. The van der Waals surface area contributed by atoms with E-state index >= 15 is 0 Å². The molecule has 0 saturated carbocycles. The minimum absolute atomic E-state index is 0.00753. The van der Waals surface area contributed by atoms with Crippen LogP contribution < -0.4 is 0 Å². The molecular weight excluding hydrogens is 400 g/mol. The Bertz CT molecular complexity index is 1080. The summed E-state index contributed by atoms with van der Waals surface area (Å²) in [6.45, 7) is 2.01. The van der Waals surface area contributed by atoms with Crippen LogP contribution in [-0.4, -0.2) is 54.1 Å². The second-order valence-electron chi connectivity index (χ2n) is 6.76. The number of imidazole rings is 1. The van der Waals surface area contributed by atoms with Crippen molar-refractivity contribution in [3.63, 3.8) is 0 Å². The van der Waals surface area contributed by atoms with Crippen molar-refractivity contribution in [2.24, 2.45) is 0 Å². The molecule has 0 bridgehead atoms. The molecule has 4 rings (SSSR count). The molecule has 1 aliphatic heterocycles. The number of nitrogens with zero attached hydrogens (tertiary/aromatic N) is 4. The van der Waals surface area contributed by atoms with E-state index in [4.69, 9.17) is 21.3 Å². The summed E-state index contributed by atoms with van der Waals surface area (Å²) in [6.07, 6.45) is 2.45. The fraction of sp³-hybridized carbons (Fsp3) is 0.368. The maximum absolute atomic E-state index is 13.0. The summed E-state index contributed by atoms with van der Waals surface area (Å²) in [5.41, 5.74) is 1.61. The molecule has 1 fully saturated rings. The molecule has 1 atom stereocenters. The predicted octanol–water partition coefficient (Wildman–Crippen LogP) is 2.91. The molecule has 7 nitrogen and oxygen atoms in total. The molecule has 9 heteroatoms. The van der Waals surface area contributed by atoms with Crippen molar-refractivity contribution < 1.29 is 13.2 Å². The highest BCUT2D eigenvalue weighted by atomic mass is 35.5. The zero-order valence-electron chi connectivity index (χ0n) is 15.5. The summed E-state index contributed by atoms with van der Waals surface area (Å²) in [4.78, 5) is 9.46. The van der Waals surface area contributed by atoms with Crippen LogP contribution in [0, 0.1) is 0 Å². The van der Waals surface area contributed by atoms with Crippen molar-refractivity contribution in [3.05, 3.63) is 53.4 Å². The van der Waals surface area contributed by atoms with Gasteiger partial charge in [-0.3, -0.25) is 0 Å². The number of rotatable bonds is 6. The van der Waals surface area contributed by atoms with E-state index in [2.05, 4.69) is 4.98 Å². The molecule has 0 N–H and O–H groups in total. The summed E-state index contributed by atoms with van der Waals surface area (Å²) in [6, 6.07) is 10.1. The Kier molecular flexibility index (Phi) is 5.37. The van der Waals surface area contributed by atoms with Crippen molar-refractivity contribution in [1.29, 1.82) is 0 Å². The molecule has 1 aliphatic rings. The smallest absolute Gasteiger partial charge is 0.243 e. The fourth-order valence-electron chi connectivity index (χ4n) is 3.60. The quantitative estimate of drug-likeness (QED) is 0.612. The van der Waals surface area contributed by atoms with Gasteiger partial charge in [0.05, 0.1) is 11.5 Å². The number of hydrogen-bond acceptors (Lipinski definition) is 5. The number of benzene rings is 1. The van der Waals surface area contributed by atoms with E-state index in [1.165, 1.54) is 4.31 Å². The number of fused-ring (bicyclic) bond motifs is 1. The average Bonchev–Trinajstić information content (AvgIpc) is 3.32. The van der Waals surface area contributed by atoms with Crippen molar-refractivity contribution >= 4 is 32.8 Å². The molecule has 3 heterocycles. The molecule has 1 aromatic carbocycles. The molecule has 28 heavy (non-hydrogen) atoms. The summed E-state index contributed by atoms with van der Waals surface area (Å²) in [7, 11) is -1.90. The van der Waals surface area contributed by atoms with Gasteiger partial charge in [-0.2, -0.15) is 4.31 Å². The predicted molar refractivity (Wildman–Crippen MR) is 107 cm³/mol. The molecule has 148 valence electrons. The minimum Gasteiger partial charge on any atom is -0.383 e. The monoisotopic (exact) mass is 420 g/mol. The fourth-order valence-corrected chi connectivity index (χ4v) is 5.23. The topological polar surface area (TPSA) is 77.3 Å². The Morgan fingerprint density at radius 2 is 2.04 bits per heavy atom. The first-order valence-electron chi connectivity index (χ1n) is 9.06. The van der Waals surface area contributed by atoms with E-state index in [9.17, 15) is 8.42 Å². The summed E-state index contributed by atoms with van der Waals surface area (Å²) < 4.78 is 34.7. The van der Waals surface area contributed by atoms with Gasteiger partial charge in [-0.15, -0.1) is 0 Å². The van der Waals surface area contributed by atoms with Crippen LogP contribution in [0.5, 0.6) is 0 Å². The van der Waals surface area contributed by atoms with Crippen molar-refractivity contribution in [2.45, 2.75) is 23.8 Å². The number of aromatic nitrogens is 3. The van der Waals surface area contributed by atoms with E-state index in [1.807, 2.05) is 16.7 Å². The van der Waals surface area contributed by atoms with Crippen LogP contribution in [-0.2, 0) is 21.3 Å². The van der Waals surface area contributed by atoms with Gasteiger partial charge < -0.3 is 9.30 Å². The van der Waals surface area contributed by atoms with Gasteiger partial charge in [0.1, 0.15) is 11.3 Å². The van der Waals surface area contributed by atoms with E-state index < -0.39 is 10.0 Å². The number of sulfonamides is 1. The van der Waals surface area contributed by atoms with Crippen molar-refractivity contribution in [3.8, 4) is 0 Å². The van der Waals surface area contributed by atoms with Gasteiger partial charge in [-0.1, -0.05) is 11.6 Å². The van der Waals surface area contributed by atoms with Crippen molar-refractivity contribution in [1.82, 2.24) is 18.8 Å². The lowest BCUT2D eigenvalue weighted by Crippen LogP contribution is -2.29. The average molecular weight is 421 g/mol. The van der Waals surface area contributed by atoms with Crippen molar-refractivity contribution in [2.75, 3.05) is 26.8 Å². The SMILES string of the molecule is COCCn1c([C@H]2CCN(S(=O)(=O)c3ccc(Cl)cc3)C2)nc2cccnc21. The lowest BCUT2D eigenvalue weighted by Gasteiger charge is -2.17. The van der Waals surface area contributed by atoms with Crippen LogP contribution in [0.2, 0.25) is 5.02 Å². The highest BCUT2D eigenvalue weighted by Crippen LogP contribution is 2.32. The first-order chi connectivity index (χ1) is 13.5. The third-order valence-electron chi connectivity index (χ3n) is 5.02. The largest absolute Gasteiger partial charge is 0.383 e. The maximum atomic E-state index is 13.0. The van der Waals surface area contributed by atoms with E-state index in [0.29, 0.717) is 37.7 Å². The molecule has 0 amide bonds. The third-order valence-corrected chi connectivity index (χ3v) is 7.15. The second kappa shape index (κ2) is 7.79. The molecule has 2 aromatic heterocycles. The van der Waals surface area contributed by atoms with Gasteiger partial charge in [-0.25, -0.2) is 18.4 Å². The van der Waals surface area contributed by atoms with Crippen LogP contribution in [0.1, 0.15) is 18.2 Å². The molecule has 0 aliphatic carbocycles. The first kappa shape index (κ1) is 19.3. The number of pyridine rings is 1. The van der Waals surface area contributed by atoms with Gasteiger partial charge in [0, 0.05) is 43.9 Å². The van der Waals surface area contributed by atoms with Gasteiger partial charge in [0.15, 0.2) is 5.65 Å². The number of ether oxygens (including phenoxy) is 1. The Morgan fingerprint density at radius 3 is 2.79 bits per heavy atom.